The summed E-state index contributed by atoms with van der Waals surface area (Å²) in [6.45, 7) is 4.09. The van der Waals surface area contributed by atoms with Crippen molar-refractivity contribution < 1.29 is 14.3 Å². The number of fused-ring (bicyclic) bond motifs is 2. The van der Waals surface area contributed by atoms with E-state index in [1.165, 1.54) is 4.57 Å². The maximum Gasteiger partial charge on any atom is 0.316 e. The van der Waals surface area contributed by atoms with E-state index in [1.54, 1.807) is 18.2 Å². The molecule has 0 saturated carbocycles. The molecule has 1 aromatic heterocycles. The number of aromatic amines is 1. The van der Waals surface area contributed by atoms with Gasteiger partial charge in [-0.1, -0.05) is 6.07 Å². The summed E-state index contributed by atoms with van der Waals surface area (Å²) in [5.74, 6) is 1.36. The van der Waals surface area contributed by atoms with Gasteiger partial charge < -0.3 is 23.9 Å². The van der Waals surface area contributed by atoms with Crippen molar-refractivity contribution in [2.45, 2.75) is 38.8 Å². The van der Waals surface area contributed by atoms with Gasteiger partial charge in [-0.3, -0.25) is 14.4 Å². The predicted octanol–water partition coefficient (Wildman–Crippen LogP) is 2.85. The highest BCUT2D eigenvalue weighted by molar-refractivity contribution is 5.97. The first-order chi connectivity index (χ1) is 15.6. The van der Waals surface area contributed by atoms with Gasteiger partial charge in [-0.15, -0.1) is 0 Å². The van der Waals surface area contributed by atoms with Gasteiger partial charge in [-0.05, 0) is 55.7 Å². The molecule has 32 heavy (non-hydrogen) atoms. The van der Waals surface area contributed by atoms with Crippen molar-refractivity contribution in [3.05, 3.63) is 68.2 Å². The van der Waals surface area contributed by atoms with Crippen LogP contribution in [-0.4, -0.2) is 40.1 Å². The Labute approximate surface area is 184 Å². The van der Waals surface area contributed by atoms with Gasteiger partial charge >= 0.3 is 11.1 Å². The van der Waals surface area contributed by atoms with E-state index in [-0.39, 0.29) is 11.9 Å². The molecule has 0 aliphatic carbocycles. The largest absolute Gasteiger partial charge is 0.490 e. The summed E-state index contributed by atoms with van der Waals surface area (Å²) in [7, 11) is 0. The van der Waals surface area contributed by atoms with Crippen LogP contribution in [0.3, 0.4) is 0 Å². The molecule has 3 aromatic rings. The van der Waals surface area contributed by atoms with Gasteiger partial charge in [-0.2, -0.15) is 0 Å². The summed E-state index contributed by atoms with van der Waals surface area (Å²) in [5.41, 5.74) is 1.32. The molecular weight excluding hydrogens is 410 g/mol. The van der Waals surface area contributed by atoms with E-state index < -0.39 is 11.1 Å². The number of H-pyrrole nitrogens is 1. The molecule has 1 fully saturated rings. The zero-order chi connectivity index (χ0) is 22.2. The molecule has 1 saturated heterocycles. The first-order valence-electron chi connectivity index (χ1n) is 11.0. The minimum absolute atomic E-state index is 0.0565. The van der Waals surface area contributed by atoms with Crippen molar-refractivity contribution >= 4 is 16.9 Å². The summed E-state index contributed by atoms with van der Waals surface area (Å²) in [6, 6.07) is 10.9. The average Bonchev–Trinajstić information content (AvgIpc) is 3.17. The Morgan fingerprint density at radius 3 is 2.69 bits per heavy atom. The summed E-state index contributed by atoms with van der Waals surface area (Å²) in [6.07, 6.45) is 2.61. The topological polar surface area (TPSA) is 93.6 Å². The Kier molecular flexibility index (Phi) is 5.20. The molecule has 8 heteroatoms. The molecule has 8 nitrogen and oxygen atoms in total. The van der Waals surface area contributed by atoms with Crippen LogP contribution in [-0.2, 0) is 6.54 Å². The van der Waals surface area contributed by atoms with Crippen LogP contribution in [0, 0.1) is 0 Å². The van der Waals surface area contributed by atoms with Crippen molar-refractivity contribution in [3.63, 3.8) is 0 Å². The molecule has 1 unspecified atom stereocenters. The van der Waals surface area contributed by atoms with Crippen LogP contribution in [0.2, 0.25) is 0 Å². The summed E-state index contributed by atoms with van der Waals surface area (Å²) < 4.78 is 13.0. The van der Waals surface area contributed by atoms with Crippen LogP contribution >= 0.6 is 0 Å². The van der Waals surface area contributed by atoms with Gasteiger partial charge in [0, 0.05) is 25.1 Å². The van der Waals surface area contributed by atoms with Crippen LogP contribution in [0.5, 0.6) is 11.5 Å². The Balaban J connectivity index is 1.48. The SMILES string of the molecule is CCn1c(=O)c(=O)[nH]c2cc(C(=O)N3CCCC3c3ccc4c(c3)OCCCO4)ccc21. The lowest BCUT2D eigenvalue weighted by molar-refractivity contribution is 0.0735. The highest BCUT2D eigenvalue weighted by atomic mass is 16.5. The lowest BCUT2D eigenvalue weighted by Gasteiger charge is -2.26. The number of rotatable bonds is 3. The number of ether oxygens (including phenoxy) is 2. The quantitative estimate of drug-likeness (QED) is 0.639. The van der Waals surface area contributed by atoms with E-state index in [9.17, 15) is 14.4 Å². The number of nitrogens with zero attached hydrogens (tertiary/aromatic N) is 2. The highest BCUT2D eigenvalue weighted by Crippen LogP contribution is 2.38. The van der Waals surface area contributed by atoms with E-state index in [1.807, 2.05) is 30.0 Å². The van der Waals surface area contributed by atoms with Crippen molar-refractivity contribution in [1.82, 2.24) is 14.5 Å². The maximum atomic E-state index is 13.4. The third kappa shape index (κ3) is 3.45. The molecule has 5 rings (SSSR count). The molecular formula is C24H25N3O5. The molecule has 2 aromatic carbocycles. The molecule has 0 bridgehead atoms. The van der Waals surface area contributed by atoms with E-state index in [2.05, 4.69) is 4.98 Å². The second-order valence-electron chi connectivity index (χ2n) is 8.15. The average molecular weight is 435 g/mol. The summed E-state index contributed by atoms with van der Waals surface area (Å²) in [5, 5.41) is 0. The van der Waals surface area contributed by atoms with Crippen LogP contribution in [0.25, 0.3) is 11.0 Å². The minimum Gasteiger partial charge on any atom is -0.490 e. The number of carbonyl (C=O) groups is 1. The maximum absolute atomic E-state index is 13.4. The normalized spacial score (nSPS) is 18.0. The Morgan fingerprint density at radius 1 is 1.06 bits per heavy atom. The van der Waals surface area contributed by atoms with Gasteiger partial charge in [0.1, 0.15) is 0 Å². The first kappa shape index (κ1) is 20.4. The number of benzene rings is 2. The Hall–Kier alpha value is -3.55. The predicted molar refractivity (Wildman–Crippen MR) is 120 cm³/mol. The van der Waals surface area contributed by atoms with Gasteiger partial charge in [0.2, 0.25) is 0 Å². The van der Waals surface area contributed by atoms with Crippen LogP contribution in [0.15, 0.2) is 46.0 Å². The van der Waals surface area contributed by atoms with Crippen LogP contribution < -0.4 is 20.6 Å². The van der Waals surface area contributed by atoms with E-state index in [4.69, 9.17) is 9.47 Å². The fraction of sp³-hybridized carbons (Fsp3) is 0.375. The first-order valence-corrected chi connectivity index (χ1v) is 11.0. The Bertz CT molecular complexity index is 1310. The van der Waals surface area contributed by atoms with E-state index in [0.717, 1.165) is 36.3 Å². The lowest BCUT2D eigenvalue weighted by atomic mass is 10.0. The molecule has 1 N–H and O–H groups in total. The van der Waals surface area contributed by atoms with E-state index >= 15 is 0 Å². The number of carbonyl (C=O) groups excluding carboxylic acids is 1. The van der Waals surface area contributed by atoms with Crippen molar-refractivity contribution in [1.29, 1.82) is 0 Å². The fourth-order valence-electron chi connectivity index (χ4n) is 4.64. The van der Waals surface area contributed by atoms with Gasteiger partial charge in [0.05, 0.1) is 30.3 Å². The number of nitrogens with one attached hydrogen (secondary N) is 1. The Morgan fingerprint density at radius 2 is 1.88 bits per heavy atom. The van der Waals surface area contributed by atoms with Gasteiger partial charge in [0.25, 0.3) is 5.91 Å². The van der Waals surface area contributed by atoms with Gasteiger partial charge in [0.15, 0.2) is 11.5 Å². The summed E-state index contributed by atoms with van der Waals surface area (Å²) in [4.78, 5) is 42.0. The minimum atomic E-state index is -0.685. The highest BCUT2D eigenvalue weighted by Gasteiger charge is 2.31. The zero-order valence-corrected chi connectivity index (χ0v) is 17.9. The second-order valence-corrected chi connectivity index (χ2v) is 8.15. The molecule has 2 aliphatic rings. The van der Waals surface area contributed by atoms with Crippen molar-refractivity contribution in [2.75, 3.05) is 19.8 Å². The van der Waals surface area contributed by atoms with Crippen LogP contribution in [0.1, 0.15) is 48.1 Å². The lowest BCUT2D eigenvalue weighted by Crippen LogP contribution is -2.36. The molecule has 166 valence electrons. The molecule has 2 aliphatic heterocycles. The number of hydrogen-bond acceptors (Lipinski definition) is 5. The van der Waals surface area contributed by atoms with Crippen molar-refractivity contribution in [3.8, 4) is 11.5 Å². The third-order valence-corrected chi connectivity index (χ3v) is 6.21. The van der Waals surface area contributed by atoms with E-state index in [0.29, 0.717) is 42.9 Å². The number of hydrogen-bond donors (Lipinski definition) is 1. The number of aryl methyl sites for hydroxylation is 1. The smallest absolute Gasteiger partial charge is 0.316 e. The summed E-state index contributed by atoms with van der Waals surface area (Å²) >= 11 is 0. The fourth-order valence-corrected chi connectivity index (χ4v) is 4.64. The number of likely N-dealkylation sites (tertiary alicyclic amines) is 1. The number of aromatic nitrogens is 2. The monoisotopic (exact) mass is 435 g/mol. The standard InChI is InChI=1S/C24H25N3O5/c1-2-26-19-8-6-16(13-17(19)25-22(28)24(26)30)23(29)27-10-3-5-18(27)15-7-9-20-21(14-15)32-12-4-11-31-20/h6-9,13-14,18H,2-5,10-12H2,1H3,(H,25,28). The molecule has 0 spiro atoms. The zero-order valence-electron chi connectivity index (χ0n) is 17.9. The molecule has 3 heterocycles. The third-order valence-electron chi connectivity index (χ3n) is 6.21. The van der Waals surface area contributed by atoms with Crippen LogP contribution in [0.4, 0.5) is 0 Å². The number of amides is 1. The van der Waals surface area contributed by atoms with Crippen molar-refractivity contribution in [2.24, 2.45) is 0 Å². The molecule has 0 radical (unpaired) electrons. The van der Waals surface area contributed by atoms with Gasteiger partial charge in [-0.25, -0.2) is 0 Å². The second kappa shape index (κ2) is 8.18. The molecule has 1 amide bonds. The molecule has 1 atom stereocenters.